The number of nitrogens with one attached hydrogen (secondary N) is 1. The molecule has 2 heterocycles. The average Bonchev–Trinajstić information content (AvgIpc) is 2.75. The molecule has 2 aliphatic rings. The average molecular weight is 413 g/mol. The first-order chi connectivity index (χ1) is 14.1. The Bertz CT molecular complexity index is 833. The SMILES string of the molecule is Cc1ccccc1N1CCN(CC(Cl)c2ccc(N3CCCNC3=O)cc2)CC1. The highest BCUT2D eigenvalue weighted by Gasteiger charge is 2.22. The van der Waals surface area contributed by atoms with Crippen LogP contribution in [-0.4, -0.2) is 56.7 Å². The molecule has 2 aliphatic heterocycles. The number of benzene rings is 2. The van der Waals surface area contributed by atoms with Gasteiger partial charge in [-0.3, -0.25) is 9.80 Å². The molecule has 154 valence electrons. The largest absolute Gasteiger partial charge is 0.369 e. The number of carbonyl (C=O) groups excluding carboxylic acids is 1. The van der Waals surface area contributed by atoms with Gasteiger partial charge in [0.05, 0.1) is 5.38 Å². The number of amides is 2. The van der Waals surface area contributed by atoms with Crippen molar-refractivity contribution in [3.63, 3.8) is 0 Å². The smallest absolute Gasteiger partial charge is 0.321 e. The van der Waals surface area contributed by atoms with E-state index in [9.17, 15) is 4.79 Å². The van der Waals surface area contributed by atoms with Gasteiger partial charge in [0.2, 0.25) is 0 Å². The lowest BCUT2D eigenvalue weighted by atomic mass is 10.1. The number of carbonyl (C=O) groups is 1. The number of aryl methyl sites for hydroxylation is 1. The van der Waals surface area contributed by atoms with Crippen LogP contribution in [0.5, 0.6) is 0 Å². The van der Waals surface area contributed by atoms with E-state index in [-0.39, 0.29) is 11.4 Å². The maximum absolute atomic E-state index is 12.0. The molecule has 6 heteroatoms. The zero-order chi connectivity index (χ0) is 20.2. The lowest BCUT2D eigenvalue weighted by molar-refractivity contribution is 0.243. The summed E-state index contributed by atoms with van der Waals surface area (Å²) in [6, 6.07) is 16.7. The summed E-state index contributed by atoms with van der Waals surface area (Å²) < 4.78 is 0. The Morgan fingerprint density at radius 1 is 1.00 bits per heavy atom. The molecule has 2 aromatic rings. The van der Waals surface area contributed by atoms with Crippen molar-refractivity contribution >= 4 is 29.0 Å². The van der Waals surface area contributed by atoms with Gasteiger partial charge in [-0.1, -0.05) is 30.3 Å². The summed E-state index contributed by atoms with van der Waals surface area (Å²) in [5.41, 5.74) is 4.71. The van der Waals surface area contributed by atoms with Gasteiger partial charge in [0, 0.05) is 57.2 Å². The van der Waals surface area contributed by atoms with Gasteiger partial charge in [-0.25, -0.2) is 4.79 Å². The molecular formula is C23H29ClN4O. The Kier molecular flexibility index (Phi) is 6.26. The van der Waals surface area contributed by atoms with Crippen molar-refractivity contribution in [2.45, 2.75) is 18.7 Å². The highest BCUT2D eigenvalue weighted by Crippen LogP contribution is 2.27. The van der Waals surface area contributed by atoms with Crippen LogP contribution in [0.15, 0.2) is 48.5 Å². The van der Waals surface area contributed by atoms with Crippen molar-refractivity contribution in [3.05, 3.63) is 59.7 Å². The molecule has 2 aromatic carbocycles. The Labute approximate surface area is 178 Å². The fourth-order valence-electron chi connectivity index (χ4n) is 4.16. The summed E-state index contributed by atoms with van der Waals surface area (Å²) in [7, 11) is 0. The van der Waals surface area contributed by atoms with Gasteiger partial charge in [0.25, 0.3) is 0 Å². The van der Waals surface area contributed by atoms with Crippen molar-refractivity contribution in [1.29, 1.82) is 0 Å². The standard InChI is InChI=1S/C23H29ClN4O/c1-18-5-2-3-6-22(18)27-15-13-26(14-16-27)17-21(24)19-7-9-20(10-8-19)28-12-4-11-25-23(28)29/h2-3,5-10,21H,4,11-17H2,1H3,(H,25,29). The van der Waals surface area contributed by atoms with Crippen LogP contribution in [0.4, 0.5) is 16.2 Å². The highest BCUT2D eigenvalue weighted by molar-refractivity contribution is 6.21. The number of hydrogen-bond acceptors (Lipinski definition) is 3. The highest BCUT2D eigenvalue weighted by atomic mass is 35.5. The quantitative estimate of drug-likeness (QED) is 0.754. The van der Waals surface area contributed by atoms with Crippen LogP contribution in [0.2, 0.25) is 0 Å². The number of anilines is 2. The summed E-state index contributed by atoms with van der Waals surface area (Å²) in [4.78, 5) is 18.7. The van der Waals surface area contributed by atoms with Gasteiger partial charge in [-0.05, 0) is 42.7 Å². The Morgan fingerprint density at radius 2 is 1.72 bits per heavy atom. The first kappa shape index (κ1) is 20.0. The molecule has 1 unspecified atom stereocenters. The predicted molar refractivity (Wildman–Crippen MR) is 120 cm³/mol. The van der Waals surface area contributed by atoms with Gasteiger partial charge in [-0.15, -0.1) is 11.6 Å². The fraction of sp³-hybridized carbons (Fsp3) is 0.435. The minimum atomic E-state index is -0.0516. The number of urea groups is 1. The van der Waals surface area contributed by atoms with Crippen LogP contribution < -0.4 is 15.1 Å². The zero-order valence-electron chi connectivity index (χ0n) is 17.0. The monoisotopic (exact) mass is 412 g/mol. The molecule has 0 bridgehead atoms. The van der Waals surface area contributed by atoms with E-state index in [4.69, 9.17) is 11.6 Å². The number of rotatable bonds is 5. The molecule has 2 saturated heterocycles. The number of para-hydroxylation sites is 1. The van der Waals surface area contributed by atoms with Crippen molar-refractivity contribution < 1.29 is 4.79 Å². The van der Waals surface area contributed by atoms with Crippen molar-refractivity contribution in [2.24, 2.45) is 0 Å². The normalized spacial score (nSPS) is 19.2. The molecule has 0 aromatic heterocycles. The molecule has 0 saturated carbocycles. The Balaban J connectivity index is 1.31. The summed E-state index contributed by atoms with van der Waals surface area (Å²) in [6.45, 7) is 8.62. The number of piperazine rings is 1. The molecule has 0 aliphatic carbocycles. The lowest BCUT2D eigenvalue weighted by Gasteiger charge is -2.37. The second kappa shape index (κ2) is 9.06. The molecule has 0 spiro atoms. The molecule has 2 fully saturated rings. The minimum Gasteiger partial charge on any atom is -0.369 e. The molecule has 5 nitrogen and oxygen atoms in total. The summed E-state index contributed by atoms with van der Waals surface area (Å²) in [6.07, 6.45) is 0.972. The molecule has 4 rings (SSSR count). The van der Waals surface area contributed by atoms with Crippen molar-refractivity contribution in [2.75, 3.05) is 55.6 Å². The van der Waals surface area contributed by atoms with E-state index in [1.165, 1.54) is 11.3 Å². The predicted octanol–water partition coefficient (Wildman–Crippen LogP) is 4.02. The van der Waals surface area contributed by atoms with E-state index >= 15 is 0 Å². The summed E-state index contributed by atoms with van der Waals surface area (Å²) in [5, 5.41) is 2.84. The molecular weight excluding hydrogens is 384 g/mol. The fourth-order valence-corrected chi connectivity index (χ4v) is 4.50. The maximum Gasteiger partial charge on any atom is 0.321 e. The molecule has 1 N–H and O–H groups in total. The van der Waals surface area contributed by atoms with E-state index in [2.05, 4.69) is 58.4 Å². The first-order valence-electron chi connectivity index (χ1n) is 10.4. The van der Waals surface area contributed by atoms with Crippen LogP contribution in [0.3, 0.4) is 0 Å². The lowest BCUT2D eigenvalue weighted by Crippen LogP contribution is -2.47. The third kappa shape index (κ3) is 4.68. The maximum atomic E-state index is 12.0. The summed E-state index contributed by atoms with van der Waals surface area (Å²) in [5.74, 6) is 0. The van der Waals surface area contributed by atoms with Gasteiger partial charge in [0.1, 0.15) is 0 Å². The van der Waals surface area contributed by atoms with Gasteiger partial charge >= 0.3 is 6.03 Å². The van der Waals surface area contributed by atoms with E-state index in [0.29, 0.717) is 0 Å². The van der Waals surface area contributed by atoms with E-state index in [1.807, 2.05) is 12.1 Å². The van der Waals surface area contributed by atoms with E-state index < -0.39 is 0 Å². The van der Waals surface area contributed by atoms with E-state index in [0.717, 1.165) is 63.5 Å². The first-order valence-corrected chi connectivity index (χ1v) is 10.9. The van der Waals surface area contributed by atoms with Gasteiger partial charge in [-0.2, -0.15) is 0 Å². The molecule has 0 radical (unpaired) electrons. The molecule has 2 amide bonds. The van der Waals surface area contributed by atoms with Crippen LogP contribution in [-0.2, 0) is 0 Å². The number of hydrogen-bond donors (Lipinski definition) is 1. The summed E-state index contributed by atoms with van der Waals surface area (Å²) >= 11 is 6.74. The number of halogens is 1. The van der Waals surface area contributed by atoms with Gasteiger partial charge < -0.3 is 10.2 Å². The van der Waals surface area contributed by atoms with Crippen LogP contribution in [0.1, 0.15) is 22.9 Å². The molecule has 29 heavy (non-hydrogen) atoms. The van der Waals surface area contributed by atoms with E-state index in [1.54, 1.807) is 4.90 Å². The zero-order valence-corrected chi connectivity index (χ0v) is 17.7. The van der Waals surface area contributed by atoms with Crippen molar-refractivity contribution in [1.82, 2.24) is 10.2 Å². The third-order valence-electron chi connectivity index (χ3n) is 5.89. The number of alkyl halides is 1. The number of nitrogens with zero attached hydrogens (tertiary/aromatic N) is 3. The molecule has 1 atom stereocenters. The topological polar surface area (TPSA) is 38.8 Å². The Hall–Kier alpha value is -2.24. The third-order valence-corrected chi connectivity index (χ3v) is 6.28. The van der Waals surface area contributed by atoms with Gasteiger partial charge in [0.15, 0.2) is 0 Å². The second-order valence-electron chi connectivity index (χ2n) is 7.87. The van der Waals surface area contributed by atoms with Crippen LogP contribution in [0, 0.1) is 6.92 Å². The Morgan fingerprint density at radius 3 is 2.41 bits per heavy atom. The second-order valence-corrected chi connectivity index (χ2v) is 8.40. The van der Waals surface area contributed by atoms with Crippen LogP contribution in [0.25, 0.3) is 0 Å². The van der Waals surface area contributed by atoms with Crippen LogP contribution >= 0.6 is 11.6 Å². The minimum absolute atomic E-state index is 0.0158. The van der Waals surface area contributed by atoms with Crippen molar-refractivity contribution in [3.8, 4) is 0 Å².